The van der Waals surface area contributed by atoms with E-state index in [1.54, 1.807) is 0 Å². The van der Waals surface area contributed by atoms with Crippen molar-refractivity contribution >= 4 is 44.5 Å². The summed E-state index contributed by atoms with van der Waals surface area (Å²) >= 11 is 0. The zero-order valence-corrected chi connectivity index (χ0v) is 12.1. The van der Waals surface area contributed by atoms with Crippen molar-refractivity contribution < 1.29 is 26.3 Å². The van der Waals surface area contributed by atoms with Gasteiger partial charge in [-0.2, -0.15) is 0 Å². The molecule has 18 heavy (non-hydrogen) atoms. The fourth-order valence-corrected chi connectivity index (χ4v) is 1.82. The van der Waals surface area contributed by atoms with Crippen molar-refractivity contribution in [3.05, 3.63) is 24.3 Å². The maximum absolute atomic E-state index is 11.2. The Labute approximate surface area is 124 Å². The first-order valence-corrected chi connectivity index (χ1v) is 6.64. The third kappa shape index (κ3) is 4.81. The monoisotopic (exact) mass is 285 g/mol. The number of anilines is 1. The van der Waals surface area contributed by atoms with Crippen LogP contribution >= 0.6 is 0 Å². The van der Waals surface area contributed by atoms with E-state index in [0.29, 0.717) is 5.69 Å². The van der Waals surface area contributed by atoms with Crippen molar-refractivity contribution in [1.29, 1.82) is 0 Å². The number of aliphatic hydroxyl groups is 1. The first-order chi connectivity index (χ1) is 7.84. The van der Waals surface area contributed by atoms with Crippen LogP contribution in [0.5, 0.6) is 0 Å². The summed E-state index contributed by atoms with van der Waals surface area (Å²) < 4.78 is 22.4. The molecule has 1 rings (SSSR count). The van der Waals surface area contributed by atoms with Crippen molar-refractivity contribution in [2.24, 2.45) is 0 Å². The molecule has 0 radical (unpaired) electrons. The van der Waals surface area contributed by atoms with Crippen molar-refractivity contribution in [3.8, 4) is 0 Å². The van der Waals surface area contributed by atoms with E-state index in [2.05, 4.69) is 5.32 Å². The smallest absolute Gasteiger partial charge is 1.00 e. The molecular weight excluding hydrogens is 270 g/mol. The van der Waals surface area contributed by atoms with Gasteiger partial charge in [-0.05, 0) is 24.3 Å². The quantitative estimate of drug-likeness (QED) is 0.647. The fourth-order valence-electron chi connectivity index (χ4n) is 1.19. The summed E-state index contributed by atoms with van der Waals surface area (Å²) in [6, 6.07) is 4.52. The Bertz CT molecular complexity index is 509. The van der Waals surface area contributed by atoms with Gasteiger partial charge in [0.15, 0.2) is 9.84 Å². The molecular formula is C10H15MgNO5S. The minimum absolute atomic E-state index is 0. The van der Waals surface area contributed by atoms with Crippen LogP contribution in [0, 0.1) is 0 Å². The summed E-state index contributed by atoms with van der Waals surface area (Å²) in [5.41, 5.74) is 0.429. The Morgan fingerprint density at radius 1 is 1.39 bits per heavy atom. The third-order valence-corrected chi connectivity index (χ3v) is 3.23. The summed E-state index contributed by atoms with van der Waals surface area (Å²) in [5.74, 6) is -1.18. The number of rotatable bonds is 5. The molecule has 8 heteroatoms. The Morgan fingerprint density at radius 2 is 1.89 bits per heavy atom. The molecule has 3 N–H and O–H groups in total. The fraction of sp³-hybridized carbons (Fsp3) is 0.300. The minimum atomic E-state index is -3.26. The maximum Gasteiger partial charge on any atom is 2.00 e. The van der Waals surface area contributed by atoms with E-state index in [4.69, 9.17) is 10.2 Å². The molecule has 98 valence electrons. The molecule has 0 saturated carbocycles. The normalized spacial score (nSPS) is 12.3. The van der Waals surface area contributed by atoms with Gasteiger partial charge in [-0.1, -0.05) is 0 Å². The standard InChI is InChI=1S/C10H13NO5S.Mg.2H/c1-17(15,16)8-4-2-7(3-5-8)11-9(6-12)10(13)14;;;/h2-5,9,11-12H,6H2,1H3,(H,13,14);;;/q;+2;2*-1. The maximum atomic E-state index is 11.2. The third-order valence-electron chi connectivity index (χ3n) is 2.10. The second-order valence-corrected chi connectivity index (χ2v) is 5.53. The van der Waals surface area contributed by atoms with E-state index in [9.17, 15) is 13.2 Å². The summed E-state index contributed by atoms with van der Waals surface area (Å²) in [6.07, 6.45) is 1.09. The zero-order chi connectivity index (χ0) is 13.1. The molecule has 0 aromatic heterocycles. The molecule has 0 spiro atoms. The van der Waals surface area contributed by atoms with Crippen LogP contribution < -0.4 is 5.32 Å². The molecule has 0 aliphatic carbocycles. The van der Waals surface area contributed by atoms with E-state index < -0.39 is 28.5 Å². The molecule has 0 amide bonds. The van der Waals surface area contributed by atoms with Crippen LogP contribution in [0.15, 0.2) is 29.2 Å². The van der Waals surface area contributed by atoms with E-state index in [-0.39, 0.29) is 30.8 Å². The van der Waals surface area contributed by atoms with Crippen LogP contribution in [-0.4, -0.2) is 66.6 Å². The molecule has 0 fully saturated rings. The van der Waals surface area contributed by atoms with Crippen molar-refractivity contribution in [1.82, 2.24) is 0 Å². The minimum Gasteiger partial charge on any atom is -1.00 e. The molecule has 0 aliphatic rings. The molecule has 1 unspecified atom stereocenters. The SMILES string of the molecule is CS(=O)(=O)c1ccc(NC(CO)C(=O)O)cc1.[H-].[H-].[Mg+2]. The summed E-state index contributed by atoms with van der Waals surface area (Å²) in [6.45, 7) is -0.552. The largest absolute Gasteiger partial charge is 2.00 e. The Morgan fingerprint density at radius 3 is 2.22 bits per heavy atom. The van der Waals surface area contributed by atoms with Crippen LogP contribution in [-0.2, 0) is 14.6 Å². The number of carbonyl (C=O) groups is 1. The molecule has 0 bridgehead atoms. The molecule has 1 aromatic carbocycles. The molecule has 1 atom stereocenters. The summed E-state index contributed by atoms with van der Waals surface area (Å²) in [4.78, 5) is 10.8. The molecule has 0 aliphatic heterocycles. The number of hydrogen-bond donors (Lipinski definition) is 3. The van der Waals surface area contributed by atoms with Gasteiger partial charge >= 0.3 is 29.0 Å². The van der Waals surface area contributed by atoms with Crippen molar-refractivity contribution in [3.63, 3.8) is 0 Å². The average Bonchev–Trinajstić information content (AvgIpc) is 2.25. The summed E-state index contributed by atoms with van der Waals surface area (Å²) in [7, 11) is -3.26. The topological polar surface area (TPSA) is 104 Å². The van der Waals surface area contributed by atoms with Crippen molar-refractivity contribution in [2.75, 3.05) is 18.2 Å². The molecule has 6 nitrogen and oxygen atoms in total. The Kier molecular flexibility index (Phi) is 6.61. The number of carboxylic acids is 1. The molecule has 0 heterocycles. The number of aliphatic hydroxyl groups excluding tert-OH is 1. The van der Waals surface area contributed by atoms with E-state index in [0.717, 1.165) is 6.26 Å². The number of benzene rings is 1. The Hall–Kier alpha value is -0.834. The van der Waals surface area contributed by atoms with Gasteiger partial charge in [-0.15, -0.1) is 0 Å². The van der Waals surface area contributed by atoms with Crippen LogP contribution in [0.25, 0.3) is 0 Å². The number of sulfone groups is 1. The Balaban J connectivity index is -0.000000963. The van der Waals surface area contributed by atoms with E-state index >= 15 is 0 Å². The first-order valence-electron chi connectivity index (χ1n) is 4.75. The predicted molar refractivity (Wildman–Crippen MR) is 69.7 cm³/mol. The second-order valence-electron chi connectivity index (χ2n) is 3.51. The van der Waals surface area contributed by atoms with E-state index in [1.807, 2.05) is 0 Å². The van der Waals surface area contributed by atoms with Crippen LogP contribution in [0.1, 0.15) is 2.85 Å². The number of carboxylic acid groups (broad SMARTS) is 1. The van der Waals surface area contributed by atoms with Gasteiger partial charge in [0.25, 0.3) is 0 Å². The molecule has 0 saturated heterocycles. The molecule has 1 aromatic rings. The van der Waals surface area contributed by atoms with Gasteiger partial charge in [0, 0.05) is 11.9 Å². The number of nitrogens with one attached hydrogen (secondary N) is 1. The van der Waals surface area contributed by atoms with Crippen LogP contribution in [0.4, 0.5) is 5.69 Å². The van der Waals surface area contributed by atoms with Gasteiger partial charge < -0.3 is 18.4 Å². The zero-order valence-electron chi connectivity index (χ0n) is 11.8. The van der Waals surface area contributed by atoms with Crippen molar-refractivity contribution in [2.45, 2.75) is 10.9 Å². The van der Waals surface area contributed by atoms with Gasteiger partial charge in [0.1, 0.15) is 6.04 Å². The van der Waals surface area contributed by atoms with Crippen LogP contribution in [0.3, 0.4) is 0 Å². The van der Waals surface area contributed by atoms with Gasteiger partial charge in [0.2, 0.25) is 0 Å². The van der Waals surface area contributed by atoms with E-state index in [1.165, 1.54) is 24.3 Å². The predicted octanol–water partition coefficient (Wildman–Crippen LogP) is -0.208. The van der Waals surface area contributed by atoms with Gasteiger partial charge in [-0.25, -0.2) is 13.2 Å². The number of hydrogen-bond acceptors (Lipinski definition) is 5. The first kappa shape index (κ1) is 17.2. The average molecular weight is 286 g/mol. The second kappa shape index (κ2) is 6.93. The van der Waals surface area contributed by atoms with Gasteiger partial charge in [-0.3, -0.25) is 0 Å². The van der Waals surface area contributed by atoms with Gasteiger partial charge in [0.05, 0.1) is 11.5 Å². The summed E-state index contributed by atoms with van der Waals surface area (Å²) in [5, 5.41) is 20.1. The van der Waals surface area contributed by atoms with Crippen LogP contribution in [0.2, 0.25) is 0 Å². The number of aliphatic carboxylic acids is 1.